The molecule has 21 heavy (non-hydrogen) atoms. The van der Waals surface area contributed by atoms with Crippen LogP contribution >= 0.6 is 0 Å². The van der Waals surface area contributed by atoms with Crippen molar-refractivity contribution >= 4 is 0 Å². The first-order chi connectivity index (χ1) is 9.97. The second-order valence-corrected chi connectivity index (χ2v) is 8.04. The summed E-state index contributed by atoms with van der Waals surface area (Å²) in [5.41, 5.74) is 6.01. The number of hydrogen-bond acceptors (Lipinski definition) is 2. The van der Waals surface area contributed by atoms with Gasteiger partial charge in [-0.3, -0.25) is 0 Å². The summed E-state index contributed by atoms with van der Waals surface area (Å²) in [5.74, 6) is 1.18. The van der Waals surface area contributed by atoms with Crippen molar-refractivity contribution < 1.29 is 9.13 Å². The van der Waals surface area contributed by atoms with E-state index in [1.165, 1.54) is 6.42 Å². The molecule has 3 heteroatoms. The number of fused-ring (bicyclic) bond motifs is 5. The van der Waals surface area contributed by atoms with E-state index in [0.29, 0.717) is 30.8 Å². The fourth-order valence-corrected chi connectivity index (χ4v) is 5.46. The Kier molecular flexibility index (Phi) is 2.94. The molecule has 0 aromatic carbocycles. The molecule has 0 radical (unpaired) electrons. The van der Waals surface area contributed by atoms with Crippen LogP contribution in [0.15, 0.2) is 24.3 Å². The molecule has 0 spiro atoms. The van der Waals surface area contributed by atoms with Crippen molar-refractivity contribution in [1.82, 2.24) is 0 Å². The van der Waals surface area contributed by atoms with Crippen LogP contribution in [0.25, 0.3) is 0 Å². The van der Waals surface area contributed by atoms with Crippen molar-refractivity contribution in [2.45, 2.75) is 51.4 Å². The summed E-state index contributed by atoms with van der Waals surface area (Å²) in [5, 5.41) is 0. The van der Waals surface area contributed by atoms with Gasteiger partial charge in [0.15, 0.2) is 0 Å². The second kappa shape index (κ2) is 4.42. The van der Waals surface area contributed by atoms with Crippen molar-refractivity contribution in [2.24, 2.45) is 34.3 Å². The molecular weight excluding hydrogens is 265 g/mol. The molecule has 0 bridgehead atoms. The van der Waals surface area contributed by atoms with Crippen LogP contribution < -0.4 is 5.73 Å². The largest absolute Gasteiger partial charge is 0.376 e. The van der Waals surface area contributed by atoms with Crippen LogP contribution in [0.4, 0.5) is 4.39 Å². The highest BCUT2D eigenvalue weighted by atomic mass is 19.1. The lowest BCUT2D eigenvalue weighted by molar-refractivity contribution is -0.160. The highest BCUT2D eigenvalue weighted by molar-refractivity contribution is 5.24. The molecule has 116 valence electrons. The standard InChI is InChI=1S/C18H26FNO/c1-17-8-4-3-5-11(17)6-7-12-13-9-14(19)15(20)18(13,2)10-21-16(12)17/h4,6-8,11-16H,3,5,9-10,20H2,1-2H3/t11?,12-,13-,14?,15?,16+,17-,18-/m0/s1. The molecule has 3 unspecified atom stereocenters. The fourth-order valence-electron chi connectivity index (χ4n) is 5.46. The van der Waals surface area contributed by atoms with Crippen molar-refractivity contribution in [3.05, 3.63) is 24.3 Å². The topological polar surface area (TPSA) is 35.2 Å². The third-order valence-electron chi connectivity index (χ3n) is 6.96. The fraction of sp³-hybridized carbons (Fsp3) is 0.778. The van der Waals surface area contributed by atoms with Gasteiger partial charge >= 0.3 is 0 Å². The van der Waals surface area contributed by atoms with E-state index in [-0.39, 0.29) is 23.0 Å². The highest BCUT2D eigenvalue weighted by Gasteiger charge is 2.61. The van der Waals surface area contributed by atoms with E-state index in [4.69, 9.17) is 10.5 Å². The molecule has 2 N–H and O–H groups in total. The summed E-state index contributed by atoms with van der Waals surface area (Å²) in [6.45, 7) is 5.04. The van der Waals surface area contributed by atoms with Gasteiger partial charge in [0.1, 0.15) is 6.17 Å². The Morgan fingerprint density at radius 3 is 2.90 bits per heavy atom. The molecule has 4 rings (SSSR count). The van der Waals surface area contributed by atoms with Gasteiger partial charge in [0.2, 0.25) is 0 Å². The number of ether oxygens (including phenoxy) is 1. The number of nitrogens with two attached hydrogens (primary N) is 1. The Bertz CT molecular complexity index is 503. The maximum Gasteiger partial charge on any atom is 0.116 e. The molecule has 1 saturated heterocycles. The normalized spacial score (nSPS) is 58.5. The van der Waals surface area contributed by atoms with Crippen molar-refractivity contribution in [3.63, 3.8) is 0 Å². The van der Waals surface area contributed by atoms with Gasteiger partial charge in [-0.05, 0) is 31.1 Å². The number of rotatable bonds is 0. The molecule has 0 aromatic heterocycles. The Morgan fingerprint density at radius 1 is 1.29 bits per heavy atom. The average Bonchev–Trinajstić information content (AvgIpc) is 2.70. The zero-order chi connectivity index (χ0) is 14.8. The van der Waals surface area contributed by atoms with Crippen LogP contribution in [-0.4, -0.2) is 24.9 Å². The Balaban J connectivity index is 1.73. The predicted molar refractivity (Wildman–Crippen MR) is 81.4 cm³/mol. The first-order valence-electron chi connectivity index (χ1n) is 8.34. The van der Waals surface area contributed by atoms with E-state index in [1.807, 2.05) is 0 Å². The van der Waals surface area contributed by atoms with Crippen molar-refractivity contribution in [3.8, 4) is 0 Å². The van der Waals surface area contributed by atoms with E-state index in [0.717, 1.165) is 6.42 Å². The van der Waals surface area contributed by atoms with E-state index in [2.05, 4.69) is 38.2 Å². The molecule has 2 fully saturated rings. The Labute approximate surface area is 126 Å². The van der Waals surface area contributed by atoms with Gasteiger partial charge in [-0.25, -0.2) is 4.39 Å². The average molecular weight is 291 g/mol. The van der Waals surface area contributed by atoms with Crippen LogP contribution in [0.5, 0.6) is 0 Å². The maximum absolute atomic E-state index is 14.2. The minimum absolute atomic E-state index is 0.0670. The monoisotopic (exact) mass is 291 g/mol. The molecule has 3 aliphatic carbocycles. The maximum atomic E-state index is 14.2. The lowest BCUT2D eigenvalue weighted by Gasteiger charge is -2.55. The first-order valence-corrected chi connectivity index (χ1v) is 8.34. The lowest BCUT2D eigenvalue weighted by Crippen LogP contribution is -2.58. The summed E-state index contributed by atoms with van der Waals surface area (Å²) >= 11 is 0. The third-order valence-corrected chi connectivity index (χ3v) is 6.96. The van der Waals surface area contributed by atoms with Gasteiger partial charge in [0.05, 0.1) is 12.7 Å². The summed E-state index contributed by atoms with van der Waals surface area (Å²) in [6.07, 6.45) is 11.6. The molecule has 8 atom stereocenters. The molecule has 0 aromatic rings. The molecule has 1 saturated carbocycles. The molecular formula is C18H26FNO. The second-order valence-electron chi connectivity index (χ2n) is 8.04. The van der Waals surface area contributed by atoms with Crippen LogP contribution in [0.1, 0.15) is 33.1 Å². The summed E-state index contributed by atoms with van der Waals surface area (Å²) in [7, 11) is 0. The van der Waals surface area contributed by atoms with E-state index in [1.54, 1.807) is 0 Å². The quantitative estimate of drug-likeness (QED) is 0.695. The molecule has 1 heterocycles. The summed E-state index contributed by atoms with van der Waals surface area (Å²) < 4.78 is 20.6. The van der Waals surface area contributed by atoms with E-state index in [9.17, 15) is 4.39 Å². The molecule has 2 nitrogen and oxygen atoms in total. The predicted octanol–water partition coefficient (Wildman–Crippen LogP) is 3.24. The van der Waals surface area contributed by atoms with E-state index >= 15 is 0 Å². The highest BCUT2D eigenvalue weighted by Crippen LogP contribution is 2.58. The SMILES string of the molecule is C[C@]12C=CCCC1C=C[C@@H]1[C@H]2OC[C@]2(C)C(N)C(F)C[C@@H]12. The lowest BCUT2D eigenvalue weighted by atomic mass is 9.56. The summed E-state index contributed by atoms with van der Waals surface area (Å²) in [4.78, 5) is 0. The van der Waals surface area contributed by atoms with Gasteiger partial charge in [0.25, 0.3) is 0 Å². The van der Waals surface area contributed by atoms with Crippen LogP contribution in [0.2, 0.25) is 0 Å². The smallest absolute Gasteiger partial charge is 0.116 e. The zero-order valence-corrected chi connectivity index (χ0v) is 13.0. The van der Waals surface area contributed by atoms with Crippen molar-refractivity contribution in [1.29, 1.82) is 0 Å². The number of hydrogen-bond donors (Lipinski definition) is 1. The van der Waals surface area contributed by atoms with Gasteiger partial charge in [0, 0.05) is 22.8 Å². The van der Waals surface area contributed by atoms with Crippen molar-refractivity contribution in [2.75, 3.05) is 6.61 Å². The van der Waals surface area contributed by atoms with Crippen LogP contribution in [0, 0.1) is 28.6 Å². The minimum Gasteiger partial charge on any atom is -0.376 e. The van der Waals surface area contributed by atoms with Crippen LogP contribution in [-0.2, 0) is 4.74 Å². The van der Waals surface area contributed by atoms with Gasteiger partial charge in [-0.1, -0.05) is 38.2 Å². The Hall–Kier alpha value is -0.670. The molecule has 4 aliphatic rings. The minimum atomic E-state index is -0.886. The third kappa shape index (κ3) is 1.71. The van der Waals surface area contributed by atoms with Gasteiger partial charge in [-0.15, -0.1) is 0 Å². The summed E-state index contributed by atoms with van der Waals surface area (Å²) in [6, 6.07) is -0.385. The Morgan fingerprint density at radius 2 is 2.10 bits per heavy atom. The zero-order valence-electron chi connectivity index (χ0n) is 13.0. The van der Waals surface area contributed by atoms with Crippen LogP contribution in [0.3, 0.4) is 0 Å². The van der Waals surface area contributed by atoms with Gasteiger partial charge in [-0.2, -0.15) is 0 Å². The van der Waals surface area contributed by atoms with Gasteiger partial charge < -0.3 is 10.5 Å². The molecule has 0 amide bonds. The number of allylic oxidation sites excluding steroid dienone is 2. The number of alkyl halides is 1. The number of halogens is 1. The van der Waals surface area contributed by atoms with E-state index < -0.39 is 6.17 Å². The molecule has 1 aliphatic heterocycles. The first kappa shape index (κ1) is 14.0.